The van der Waals surface area contributed by atoms with Crippen molar-refractivity contribution < 1.29 is 10.2 Å². The molecule has 0 radical (unpaired) electrons. The van der Waals surface area contributed by atoms with Crippen LogP contribution in [0.5, 0.6) is 0 Å². The van der Waals surface area contributed by atoms with Crippen molar-refractivity contribution in [1.29, 1.82) is 0 Å². The van der Waals surface area contributed by atoms with Gasteiger partial charge in [-0.25, -0.2) is 0 Å². The highest BCUT2D eigenvalue weighted by molar-refractivity contribution is 9.10. The summed E-state index contributed by atoms with van der Waals surface area (Å²) in [5.41, 5.74) is 0.466. The number of alkyl halides is 1. The third kappa shape index (κ3) is 2.29. The first-order chi connectivity index (χ1) is 5.56. The van der Waals surface area contributed by atoms with Crippen LogP contribution in [-0.4, -0.2) is 15.5 Å². The molecule has 0 fully saturated rings. The lowest BCUT2D eigenvalue weighted by Gasteiger charge is -2.19. The van der Waals surface area contributed by atoms with E-state index in [1.807, 2.05) is 6.07 Å². The summed E-state index contributed by atoms with van der Waals surface area (Å²) in [4.78, 5) is 0. The maximum absolute atomic E-state index is 9.41. The van der Waals surface area contributed by atoms with Crippen LogP contribution in [0.2, 0.25) is 0 Å². The van der Waals surface area contributed by atoms with Gasteiger partial charge in [0.25, 0.3) is 0 Å². The van der Waals surface area contributed by atoms with Crippen molar-refractivity contribution in [2.45, 2.75) is 5.79 Å². The van der Waals surface area contributed by atoms with E-state index >= 15 is 0 Å². The first-order valence-electron chi connectivity index (χ1n) is 3.33. The van der Waals surface area contributed by atoms with Gasteiger partial charge in [0.15, 0.2) is 5.79 Å². The molecule has 1 aromatic carbocycles. The summed E-state index contributed by atoms with van der Waals surface area (Å²) < 4.78 is 0.827. The standard InChI is InChI=1S/C8H8Br2O2/c9-5-8(11,12)6-2-1-3-7(10)4-6/h1-4,11-12H,5H2. The molecule has 4 heteroatoms. The van der Waals surface area contributed by atoms with Gasteiger partial charge in [-0.05, 0) is 12.1 Å². The topological polar surface area (TPSA) is 40.5 Å². The maximum Gasteiger partial charge on any atom is 0.199 e. The second-order valence-corrected chi connectivity index (χ2v) is 3.94. The van der Waals surface area contributed by atoms with E-state index in [1.165, 1.54) is 0 Å². The predicted octanol–water partition coefficient (Wildman–Crippen LogP) is 1.98. The third-order valence-corrected chi connectivity index (χ3v) is 2.75. The molecule has 2 N–H and O–H groups in total. The smallest absolute Gasteiger partial charge is 0.199 e. The Hall–Kier alpha value is 0.1000. The zero-order valence-electron chi connectivity index (χ0n) is 6.17. The highest BCUT2D eigenvalue weighted by atomic mass is 79.9. The second kappa shape index (κ2) is 3.87. The van der Waals surface area contributed by atoms with Crippen LogP contribution in [-0.2, 0) is 5.79 Å². The van der Waals surface area contributed by atoms with Gasteiger partial charge < -0.3 is 10.2 Å². The van der Waals surface area contributed by atoms with Gasteiger partial charge in [-0.15, -0.1) is 0 Å². The number of benzene rings is 1. The van der Waals surface area contributed by atoms with Crippen LogP contribution in [0.4, 0.5) is 0 Å². The molecular formula is C8H8Br2O2. The number of rotatable bonds is 2. The second-order valence-electron chi connectivity index (χ2n) is 2.46. The fraction of sp³-hybridized carbons (Fsp3) is 0.250. The molecular weight excluding hydrogens is 288 g/mol. The summed E-state index contributed by atoms with van der Waals surface area (Å²) in [5, 5.41) is 18.9. The molecule has 0 aromatic heterocycles. The summed E-state index contributed by atoms with van der Waals surface area (Å²) in [5.74, 6) is -1.79. The Morgan fingerprint density at radius 3 is 2.50 bits per heavy atom. The zero-order chi connectivity index (χ0) is 9.19. The normalized spacial score (nSPS) is 11.7. The zero-order valence-corrected chi connectivity index (χ0v) is 9.34. The molecule has 0 saturated heterocycles. The van der Waals surface area contributed by atoms with Gasteiger partial charge in [-0.3, -0.25) is 0 Å². The van der Waals surface area contributed by atoms with E-state index < -0.39 is 5.79 Å². The van der Waals surface area contributed by atoms with Gasteiger partial charge >= 0.3 is 0 Å². The first-order valence-corrected chi connectivity index (χ1v) is 5.24. The molecule has 0 atom stereocenters. The SMILES string of the molecule is OC(O)(CBr)c1cccc(Br)c1. The first kappa shape index (κ1) is 10.2. The number of halogens is 2. The van der Waals surface area contributed by atoms with E-state index in [0.717, 1.165) is 4.47 Å². The minimum Gasteiger partial charge on any atom is -0.361 e. The molecule has 1 aromatic rings. The van der Waals surface area contributed by atoms with Crippen molar-refractivity contribution in [3.63, 3.8) is 0 Å². The summed E-state index contributed by atoms with van der Waals surface area (Å²) in [6.07, 6.45) is 0. The van der Waals surface area contributed by atoms with Crippen molar-refractivity contribution in [2.75, 3.05) is 5.33 Å². The highest BCUT2D eigenvalue weighted by Gasteiger charge is 2.23. The molecule has 0 bridgehead atoms. The molecule has 0 saturated carbocycles. The summed E-state index contributed by atoms with van der Waals surface area (Å²) in [6.45, 7) is 0. The highest BCUT2D eigenvalue weighted by Crippen LogP contribution is 2.22. The van der Waals surface area contributed by atoms with Crippen LogP contribution in [0.15, 0.2) is 28.7 Å². The van der Waals surface area contributed by atoms with Gasteiger partial charge in [-0.1, -0.05) is 44.0 Å². The van der Waals surface area contributed by atoms with Crippen molar-refractivity contribution in [3.8, 4) is 0 Å². The molecule has 0 aliphatic heterocycles. The molecule has 0 heterocycles. The van der Waals surface area contributed by atoms with E-state index in [-0.39, 0.29) is 5.33 Å². The predicted molar refractivity (Wildman–Crippen MR) is 54.1 cm³/mol. The van der Waals surface area contributed by atoms with Crippen LogP contribution in [0.25, 0.3) is 0 Å². The maximum atomic E-state index is 9.41. The fourth-order valence-electron chi connectivity index (χ4n) is 0.815. The Morgan fingerprint density at radius 2 is 2.00 bits per heavy atom. The average Bonchev–Trinajstić information content (AvgIpc) is 2.05. The van der Waals surface area contributed by atoms with Gasteiger partial charge in [0, 0.05) is 10.0 Å². The summed E-state index contributed by atoms with van der Waals surface area (Å²) >= 11 is 6.26. The fourth-order valence-corrected chi connectivity index (χ4v) is 1.54. The van der Waals surface area contributed by atoms with Crippen LogP contribution >= 0.6 is 31.9 Å². The number of aliphatic hydroxyl groups is 2. The molecule has 66 valence electrons. The minimum atomic E-state index is -1.79. The van der Waals surface area contributed by atoms with E-state index in [4.69, 9.17) is 0 Å². The molecule has 0 aliphatic rings. The molecule has 1 rings (SSSR count). The third-order valence-electron chi connectivity index (χ3n) is 1.47. The van der Waals surface area contributed by atoms with E-state index in [0.29, 0.717) is 5.56 Å². The molecule has 0 spiro atoms. The quantitative estimate of drug-likeness (QED) is 0.647. The van der Waals surface area contributed by atoms with Crippen molar-refractivity contribution in [3.05, 3.63) is 34.3 Å². The monoisotopic (exact) mass is 294 g/mol. The Labute approximate surface area is 87.5 Å². The number of hydrogen-bond acceptors (Lipinski definition) is 2. The molecule has 12 heavy (non-hydrogen) atoms. The summed E-state index contributed by atoms with van der Waals surface area (Å²) in [6, 6.07) is 6.91. The van der Waals surface area contributed by atoms with Crippen molar-refractivity contribution in [2.24, 2.45) is 0 Å². The van der Waals surface area contributed by atoms with Gasteiger partial charge in [-0.2, -0.15) is 0 Å². The van der Waals surface area contributed by atoms with Gasteiger partial charge in [0.2, 0.25) is 0 Å². The molecule has 0 aliphatic carbocycles. The number of hydrogen-bond donors (Lipinski definition) is 2. The minimum absolute atomic E-state index is 0.0937. The van der Waals surface area contributed by atoms with E-state index in [2.05, 4.69) is 31.9 Å². The Kier molecular flexibility index (Phi) is 3.29. The van der Waals surface area contributed by atoms with Crippen LogP contribution in [0.1, 0.15) is 5.56 Å². The largest absolute Gasteiger partial charge is 0.361 e. The Morgan fingerprint density at radius 1 is 1.33 bits per heavy atom. The van der Waals surface area contributed by atoms with Gasteiger partial charge in [0.05, 0.1) is 5.33 Å². The molecule has 2 nitrogen and oxygen atoms in total. The van der Waals surface area contributed by atoms with Gasteiger partial charge in [0.1, 0.15) is 0 Å². The summed E-state index contributed by atoms with van der Waals surface area (Å²) in [7, 11) is 0. The molecule has 0 amide bonds. The Balaban J connectivity index is 3.03. The Bertz CT molecular complexity index is 274. The van der Waals surface area contributed by atoms with Crippen LogP contribution in [0, 0.1) is 0 Å². The lowest BCUT2D eigenvalue weighted by atomic mass is 10.1. The average molecular weight is 296 g/mol. The van der Waals surface area contributed by atoms with Crippen LogP contribution in [0.3, 0.4) is 0 Å². The van der Waals surface area contributed by atoms with E-state index in [1.54, 1.807) is 18.2 Å². The molecule has 0 unspecified atom stereocenters. The lowest BCUT2D eigenvalue weighted by molar-refractivity contribution is -0.147. The van der Waals surface area contributed by atoms with Crippen LogP contribution < -0.4 is 0 Å². The van der Waals surface area contributed by atoms with Crippen molar-refractivity contribution in [1.82, 2.24) is 0 Å². The van der Waals surface area contributed by atoms with E-state index in [9.17, 15) is 10.2 Å². The van der Waals surface area contributed by atoms with Crippen molar-refractivity contribution >= 4 is 31.9 Å². The lowest BCUT2D eigenvalue weighted by Crippen LogP contribution is -2.26.